The normalized spacial score (nSPS) is 28.4. The third-order valence-corrected chi connectivity index (χ3v) is 10.8. The zero-order valence-corrected chi connectivity index (χ0v) is 24.9. The molecule has 2 unspecified atom stereocenters. The van der Waals surface area contributed by atoms with E-state index in [-0.39, 0.29) is 37.5 Å². The smallest absolute Gasteiger partial charge is 0.311 e. The molecule has 3 fully saturated rings. The minimum atomic E-state index is -0.705. The van der Waals surface area contributed by atoms with E-state index in [1.807, 2.05) is 0 Å². The van der Waals surface area contributed by atoms with Crippen molar-refractivity contribution in [2.45, 2.75) is 73.8 Å². The van der Waals surface area contributed by atoms with Crippen LogP contribution in [0.2, 0.25) is 5.02 Å². The van der Waals surface area contributed by atoms with E-state index < -0.39 is 27.4 Å². The summed E-state index contributed by atoms with van der Waals surface area (Å²) in [7, 11) is 0. The highest BCUT2D eigenvalue weighted by Gasteiger charge is 2.77. The van der Waals surface area contributed by atoms with Crippen molar-refractivity contribution in [3.63, 3.8) is 0 Å². The van der Waals surface area contributed by atoms with Gasteiger partial charge in [0, 0.05) is 35.2 Å². The van der Waals surface area contributed by atoms with Gasteiger partial charge >= 0.3 is 5.97 Å². The van der Waals surface area contributed by atoms with Crippen molar-refractivity contribution in [2.24, 2.45) is 11.8 Å². The second-order valence-electron chi connectivity index (χ2n) is 11.2. The first-order valence-corrected chi connectivity index (χ1v) is 15.5. The third kappa shape index (κ3) is 5.72. The molecule has 5 atom stereocenters. The van der Waals surface area contributed by atoms with Gasteiger partial charge in [-0.2, -0.15) is 0 Å². The molecular weight excluding hydrogens is 548 g/mol. The number of benzene rings is 1. The number of unbranched alkanes of at least 4 members (excludes halogenated alkanes) is 4. The van der Waals surface area contributed by atoms with Gasteiger partial charge in [0.2, 0.25) is 5.91 Å². The quantitative estimate of drug-likeness (QED) is 0.168. The predicted molar refractivity (Wildman–Crippen MR) is 160 cm³/mol. The monoisotopic (exact) mass is 588 g/mol. The van der Waals surface area contributed by atoms with Crippen molar-refractivity contribution in [2.75, 3.05) is 31.2 Å². The molecule has 3 aliphatic heterocycles. The van der Waals surface area contributed by atoms with Gasteiger partial charge in [-0.05, 0) is 69.7 Å². The molecule has 0 saturated carbocycles. The van der Waals surface area contributed by atoms with E-state index in [2.05, 4.69) is 20.1 Å². The van der Waals surface area contributed by atoms with E-state index in [0.29, 0.717) is 36.5 Å². The molecule has 0 radical (unpaired) electrons. The fraction of sp³-hybridized carbons (Fsp3) is 0.581. The van der Waals surface area contributed by atoms with Crippen LogP contribution < -0.4 is 4.90 Å². The second kappa shape index (κ2) is 13.1. The number of rotatable bonds is 15. The van der Waals surface area contributed by atoms with Gasteiger partial charge in [0.05, 0.1) is 23.2 Å². The minimum absolute atomic E-state index is 0.126. The average molecular weight is 589 g/mol. The summed E-state index contributed by atoms with van der Waals surface area (Å²) in [4.78, 5) is 45.7. The predicted octanol–water partition coefficient (Wildman–Crippen LogP) is 5.40. The number of thioether (sulfide) groups is 1. The molecule has 4 rings (SSSR count). The number of hydrogen-bond donors (Lipinski definition) is 1. The maximum atomic E-state index is 14.5. The Morgan fingerprint density at radius 2 is 1.88 bits per heavy atom. The Kier molecular flexibility index (Phi) is 10.1. The number of nitrogens with zero attached hydrogens (tertiary/aromatic N) is 2. The summed E-state index contributed by atoms with van der Waals surface area (Å²) in [6, 6.07) is 6.40. The topological polar surface area (TPSA) is 87.1 Å². The molecular formula is C31H41ClN2O5S. The van der Waals surface area contributed by atoms with Crippen LogP contribution in [0, 0.1) is 11.8 Å². The molecule has 0 aliphatic carbocycles. The Balaban J connectivity index is 1.68. The largest absolute Gasteiger partial charge is 0.465 e. The molecule has 40 heavy (non-hydrogen) atoms. The number of fused-ring (bicyclic) bond motifs is 1. The molecule has 3 saturated heterocycles. The number of aliphatic hydroxyl groups is 1. The molecule has 1 N–H and O–H groups in total. The van der Waals surface area contributed by atoms with Crippen LogP contribution in [-0.4, -0.2) is 69.6 Å². The molecule has 1 spiro atoms. The van der Waals surface area contributed by atoms with Gasteiger partial charge in [-0.3, -0.25) is 14.4 Å². The molecule has 0 aromatic heterocycles. The van der Waals surface area contributed by atoms with E-state index in [9.17, 15) is 14.4 Å². The van der Waals surface area contributed by atoms with Crippen molar-refractivity contribution < 1.29 is 24.2 Å². The lowest BCUT2D eigenvalue weighted by molar-refractivity contribution is -0.155. The number of esters is 1. The number of allylic oxidation sites excluding steroid dienone is 1. The number of anilines is 1. The number of amides is 2. The Hall–Kier alpha value is -2.29. The molecule has 3 aliphatic rings. The van der Waals surface area contributed by atoms with Crippen molar-refractivity contribution in [1.82, 2.24) is 4.90 Å². The van der Waals surface area contributed by atoms with E-state index in [1.165, 1.54) is 0 Å². The fourth-order valence-corrected chi connectivity index (χ4v) is 9.23. The Morgan fingerprint density at radius 3 is 2.55 bits per heavy atom. The zero-order valence-electron chi connectivity index (χ0n) is 23.4. The van der Waals surface area contributed by atoms with Crippen molar-refractivity contribution in [3.05, 3.63) is 54.6 Å². The van der Waals surface area contributed by atoms with Crippen LogP contribution in [0.15, 0.2) is 49.6 Å². The van der Waals surface area contributed by atoms with Gasteiger partial charge in [-0.25, -0.2) is 0 Å². The highest BCUT2D eigenvalue weighted by atomic mass is 35.5. The minimum Gasteiger partial charge on any atom is -0.465 e. The van der Waals surface area contributed by atoms with Gasteiger partial charge in [0.1, 0.15) is 6.04 Å². The lowest BCUT2D eigenvalue weighted by Gasteiger charge is -2.37. The van der Waals surface area contributed by atoms with Crippen molar-refractivity contribution in [3.8, 4) is 0 Å². The standard InChI is InChI=1S/C31H41ClN2O5S/c1-4-6-11-21-39-29(38)25-24-27(36)34(19-9-7-8-10-20-35)26(31(24)17-16-30(25,3)40-31)28(37)33(18-5-2)23-14-12-22(32)13-15-23/h4-5,12-15,24-26,35H,1-2,6-11,16-21H2,3H3/t24-,25+,26?,30-,31?/m0/s1. The van der Waals surface area contributed by atoms with Crippen LogP contribution in [-0.2, 0) is 19.1 Å². The number of halogens is 1. The first-order chi connectivity index (χ1) is 19.2. The number of aliphatic hydroxyl groups excluding tert-OH is 1. The Morgan fingerprint density at radius 1 is 1.15 bits per heavy atom. The number of ether oxygens (including phenoxy) is 1. The summed E-state index contributed by atoms with van der Waals surface area (Å²) in [6.45, 7) is 10.8. The number of hydrogen-bond acceptors (Lipinski definition) is 6. The van der Waals surface area contributed by atoms with Crippen LogP contribution in [0.4, 0.5) is 5.69 Å². The lowest BCUT2D eigenvalue weighted by atomic mass is 9.66. The van der Waals surface area contributed by atoms with Gasteiger partial charge < -0.3 is 19.6 Å². The lowest BCUT2D eigenvalue weighted by Crippen LogP contribution is -2.55. The van der Waals surface area contributed by atoms with E-state index in [1.54, 1.807) is 58.0 Å². The summed E-state index contributed by atoms with van der Waals surface area (Å²) in [5, 5.41) is 9.74. The first kappa shape index (κ1) is 30.7. The second-order valence-corrected chi connectivity index (χ2v) is 13.5. The number of carbonyl (C=O) groups excluding carboxylic acids is 3. The molecule has 1 aromatic carbocycles. The SMILES string of the molecule is C=CCCCOC(=O)[C@H]1[C@H]2C(=O)N(CCCCCCO)C(C(=O)N(CC=C)c3ccc(Cl)cc3)C23CC[C@]1(C)S3. The van der Waals surface area contributed by atoms with Gasteiger partial charge in [-0.1, -0.05) is 36.6 Å². The summed E-state index contributed by atoms with van der Waals surface area (Å²) < 4.78 is 4.54. The van der Waals surface area contributed by atoms with E-state index >= 15 is 0 Å². The summed E-state index contributed by atoms with van der Waals surface area (Å²) >= 11 is 7.78. The Bertz CT molecular complexity index is 1110. The van der Waals surface area contributed by atoms with Gasteiger partial charge in [0.25, 0.3) is 5.91 Å². The summed E-state index contributed by atoms with van der Waals surface area (Å²) in [6.07, 6.45) is 9.47. The van der Waals surface area contributed by atoms with Gasteiger partial charge in [0.15, 0.2) is 0 Å². The maximum absolute atomic E-state index is 14.5. The van der Waals surface area contributed by atoms with E-state index in [4.69, 9.17) is 21.4 Å². The van der Waals surface area contributed by atoms with Crippen molar-refractivity contribution in [1.29, 1.82) is 0 Å². The fourth-order valence-electron chi connectivity index (χ4n) is 6.76. The number of carbonyl (C=O) groups is 3. The summed E-state index contributed by atoms with van der Waals surface area (Å²) in [5.41, 5.74) is 0.687. The van der Waals surface area contributed by atoms with Crippen LogP contribution >= 0.6 is 23.4 Å². The molecule has 9 heteroatoms. The van der Waals surface area contributed by atoms with Gasteiger partial charge in [-0.15, -0.1) is 24.9 Å². The average Bonchev–Trinajstić information content (AvgIpc) is 3.50. The van der Waals surface area contributed by atoms with Crippen LogP contribution in [0.25, 0.3) is 0 Å². The summed E-state index contributed by atoms with van der Waals surface area (Å²) in [5.74, 6) is -1.83. The molecule has 218 valence electrons. The number of likely N-dealkylation sites (tertiary alicyclic amines) is 1. The van der Waals surface area contributed by atoms with Crippen LogP contribution in [0.3, 0.4) is 0 Å². The highest BCUT2D eigenvalue weighted by molar-refractivity contribution is 8.02. The third-order valence-electron chi connectivity index (χ3n) is 8.58. The van der Waals surface area contributed by atoms with Crippen molar-refractivity contribution >= 4 is 46.8 Å². The molecule has 7 nitrogen and oxygen atoms in total. The molecule has 2 amide bonds. The Labute approximate surface area is 246 Å². The molecule has 3 heterocycles. The van der Waals surface area contributed by atoms with Crippen LogP contribution in [0.1, 0.15) is 58.3 Å². The maximum Gasteiger partial charge on any atom is 0.311 e. The van der Waals surface area contributed by atoms with E-state index in [0.717, 1.165) is 32.1 Å². The van der Waals surface area contributed by atoms with Crippen LogP contribution in [0.5, 0.6) is 0 Å². The molecule has 1 aromatic rings. The molecule has 2 bridgehead atoms. The first-order valence-electron chi connectivity index (χ1n) is 14.3. The highest BCUT2D eigenvalue weighted by Crippen LogP contribution is 2.71. The zero-order chi connectivity index (χ0) is 28.9.